The maximum Gasteiger partial charge on any atom is 3.00 e. The van der Waals surface area contributed by atoms with E-state index in [1.807, 2.05) is 62.4 Å². The first-order chi connectivity index (χ1) is 20.0. The van der Waals surface area contributed by atoms with Crippen LogP contribution in [0, 0.1) is 26.0 Å². The summed E-state index contributed by atoms with van der Waals surface area (Å²) in [7, 11) is 0. The van der Waals surface area contributed by atoms with Crippen molar-refractivity contribution in [3.8, 4) is 22.6 Å². The molecule has 0 amide bonds. The van der Waals surface area contributed by atoms with E-state index in [0.717, 1.165) is 56.0 Å². The van der Waals surface area contributed by atoms with E-state index in [-0.39, 0.29) is 20.1 Å². The van der Waals surface area contributed by atoms with Gasteiger partial charge in [0.25, 0.3) is 0 Å². The molecule has 0 aliphatic heterocycles. The Labute approximate surface area is 261 Å². The van der Waals surface area contributed by atoms with Gasteiger partial charge in [0.05, 0.1) is 17.0 Å². The molecule has 0 aliphatic rings. The van der Waals surface area contributed by atoms with Crippen molar-refractivity contribution >= 4 is 33.5 Å². The SMILES string of the molecule is C/C(=C\C=C/C=[N-])c1[c-]c(C)cc(C)c1.[Ir+3].[c-]1ccccc1-c1nc(-c2ccccc2)c2ccc3ccccc3c2n1. The molecule has 0 atom stereocenters. The molecule has 0 saturated carbocycles. The number of aryl methyl sites for hydroxylation is 2. The van der Waals surface area contributed by atoms with Crippen LogP contribution in [0.2, 0.25) is 0 Å². The van der Waals surface area contributed by atoms with Crippen LogP contribution in [0.15, 0.2) is 121 Å². The minimum absolute atomic E-state index is 0. The van der Waals surface area contributed by atoms with Crippen molar-refractivity contribution in [3.63, 3.8) is 0 Å². The van der Waals surface area contributed by atoms with E-state index in [2.05, 4.69) is 79.7 Å². The Balaban J connectivity index is 0.000000219. The molecule has 0 aliphatic carbocycles. The molecular formula is C38H30IrN3. The van der Waals surface area contributed by atoms with E-state index in [4.69, 9.17) is 15.4 Å². The van der Waals surface area contributed by atoms with Gasteiger partial charge in [-0.2, -0.15) is 6.21 Å². The van der Waals surface area contributed by atoms with Crippen LogP contribution in [0.4, 0.5) is 0 Å². The summed E-state index contributed by atoms with van der Waals surface area (Å²) in [6.07, 6.45) is 6.37. The number of fused-ring (bicyclic) bond motifs is 3. The van der Waals surface area contributed by atoms with Crippen molar-refractivity contribution in [3.05, 3.63) is 156 Å². The number of hydrogen-bond acceptors (Lipinski definition) is 2. The predicted octanol–water partition coefficient (Wildman–Crippen LogP) is 9.62. The zero-order valence-electron chi connectivity index (χ0n) is 23.8. The molecular weight excluding hydrogens is 691 g/mol. The van der Waals surface area contributed by atoms with Gasteiger partial charge in [0.1, 0.15) is 0 Å². The number of nitrogens with zero attached hydrogens (tertiary/aromatic N) is 3. The maximum absolute atomic E-state index is 8.49. The molecule has 0 N–H and O–H groups in total. The van der Waals surface area contributed by atoms with Crippen LogP contribution < -0.4 is 0 Å². The van der Waals surface area contributed by atoms with Crippen LogP contribution in [0.3, 0.4) is 0 Å². The van der Waals surface area contributed by atoms with Crippen molar-refractivity contribution in [2.24, 2.45) is 0 Å². The van der Waals surface area contributed by atoms with Gasteiger partial charge in [0.15, 0.2) is 0 Å². The molecule has 1 aromatic heterocycles. The fourth-order valence-corrected chi connectivity index (χ4v) is 4.78. The minimum atomic E-state index is 0. The van der Waals surface area contributed by atoms with Crippen LogP contribution >= 0.6 is 0 Å². The van der Waals surface area contributed by atoms with Crippen molar-refractivity contribution in [1.29, 1.82) is 0 Å². The Morgan fingerprint density at radius 1 is 0.786 bits per heavy atom. The topological polar surface area (TPSA) is 48.1 Å². The maximum atomic E-state index is 8.49. The van der Waals surface area contributed by atoms with Gasteiger partial charge in [-0.15, -0.1) is 82.4 Å². The van der Waals surface area contributed by atoms with Gasteiger partial charge in [-0.25, -0.2) is 0 Å². The molecule has 3 nitrogen and oxygen atoms in total. The minimum Gasteiger partial charge on any atom is -0.811 e. The molecule has 206 valence electrons. The van der Waals surface area contributed by atoms with Gasteiger partial charge in [-0.1, -0.05) is 99.7 Å². The standard InChI is InChI=1S/C24H15N2.C14H15N.Ir/c1-3-10-18(11-4-1)22-21-16-15-17-9-7-8-14-20(17)23(21)26-24(25-22)19-12-5-2-6-13-19;1-11-8-12(2)10-14(9-11)13(3)6-4-5-7-15;/h1-12,14-16H;4-9H,1-3H3;/q-1;-2;+3/b;5-4-,13-6+;. The summed E-state index contributed by atoms with van der Waals surface area (Å²) in [5.74, 6) is 0.702. The smallest absolute Gasteiger partial charge is 0.811 e. The molecule has 0 saturated heterocycles. The second-order valence-corrected chi connectivity index (χ2v) is 9.86. The average Bonchev–Trinajstić information content (AvgIpc) is 3.01. The summed E-state index contributed by atoms with van der Waals surface area (Å²) < 4.78 is 0. The Morgan fingerprint density at radius 3 is 2.29 bits per heavy atom. The molecule has 42 heavy (non-hydrogen) atoms. The normalized spacial score (nSPS) is 11.2. The van der Waals surface area contributed by atoms with Crippen LogP contribution in [0.1, 0.15) is 23.6 Å². The molecule has 0 unspecified atom stereocenters. The number of aromatic nitrogens is 2. The van der Waals surface area contributed by atoms with E-state index >= 15 is 0 Å². The molecule has 0 spiro atoms. The Bertz CT molecular complexity index is 1850. The third-order valence-electron chi connectivity index (χ3n) is 6.70. The third-order valence-corrected chi connectivity index (χ3v) is 6.70. The summed E-state index contributed by atoms with van der Waals surface area (Å²) >= 11 is 0. The van der Waals surface area contributed by atoms with E-state index in [9.17, 15) is 0 Å². The van der Waals surface area contributed by atoms with Crippen LogP contribution in [0.5, 0.6) is 0 Å². The summed E-state index contributed by atoms with van der Waals surface area (Å²) in [5.41, 5.74) is 8.56. The monoisotopic (exact) mass is 721 g/mol. The molecule has 6 aromatic rings. The summed E-state index contributed by atoms with van der Waals surface area (Å²) in [6, 6.07) is 41.5. The first-order valence-electron chi connectivity index (χ1n) is 13.6. The van der Waals surface area contributed by atoms with E-state index < -0.39 is 0 Å². The van der Waals surface area contributed by atoms with Gasteiger partial charge in [0, 0.05) is 10.8 Å². The van der Waals surface area contributed by atoms with Crippen molar-refractivity contribution in [1.82, 2.24) is 9.97 Å². The van der Waals surface area contributed by atoms with Crippen LogP contribution in [-0.4, -0.2) is 16.2 Å². The predicted molar refractivity (Wildman–Crippen MR) is 174 cm³/mol. The van der Waals surface area contributed by atoms with E-state index in [1.54, 1.807) is 12.2 Å². The first-order valence-corrected chi connectivity index (χ1v) is 13.6. The molecule has 1 heterocycles. The quantitative estimate of drug-likeness (QED) is 0.0771. The average molecular weight is 721 g/mol. The second kappa shape index (κ2) is 14.4. The summed E-state index contributed by atoms with van der Waals surface area (Å²) in [4.78, 5) is 9.82. The fraction of sp³-hybridized carbons (Fsp3) is 0.0789. The Morgan fingerprint density at radius 2 is 1.55 bits per heavy atom. The fourth-order valence-electron chi connectivity index (χ4n) is 4.78. The molecule has 5 aromatic carbocycles. The summed E-state index contributed by atoms with van der Waals surface area (Å²) in [5, 5.41) is 11.9. The molecule has 0 radical (unpaired) electrons. The summed E-state index contributed by atoms with van der Waals surface area (Å²) in [6.45, 7) is 6.16. The zero-order chi connectivity index (χ0) is 28.6. The number of allylic oxidation sites excluding steroid dienone is 4. The Hall–Kier alpha value is -4.50. The zero-order valence-corrected chi connectivity index (χ0v) is 26.2. The van der Waals surface area contributed by atoms with E-state index in [1.165, 1.54) is 10.9 Å². The molecule has 6 rings (SSSR count). The van der Waals surface area contributed by atoms with Crippen LogP contribution in [0.25, 0.3) is 55.3 Å². The number of benzene rings is 5. The van der Waals surface area contributed by atoms with Crippen molar-refractivity contribution in [2.45, 2.75) is 20.8 Å². The van der Waals surface area contributed by atoms with Gasteiger partial charge in [-0.05, 0) is 10.9 Å². The van der Waals surface area contributed by atoms with Gasteiger partial charge in [-0.3, -0.25) is 9.97 Å². The van der Waals surface area contributed by atoms with Gasteiger partial charge >= 0.3 is 20.1 Å². The van der Waals surface area contributed by atoms with Gasteiger partial charge in [0.2, 0.25) is 0 Å². The Kier molecular flexibility index (Phi) is 10.4. The molecule has 0 fully saturated rings. The first kappa shape index (κ1) is 30.5. The van der Waals surface area contributed by atoms with Gasteiger partial charge < -0.3 is 5.41 Å². The van der Waals surface area contributed by atoms with E-state index in [0.29, 0.717) is 5.82 Å². The van der Waals surface area contributed by atoms with Crippen molar-refractivity contribution < 1.29 is 20.1 Å². The van der Waals surface area contributed by atoms with Crippen LogP contribution in [-0.2, 0) is 20.1 Å². The second-order valence-electron chi connectivity index (χ2n) is 9.86. The number of hydrogen-bond donors (Lipinski definition) is 0. The molecule has 0 bridgehead atoms. The largest absolute Gasteiger partial charge is 3.00 e. The number of rotatable bonds is 5. The third kappa shape index (κ3) is 7.22. The van der Waals surface area contributed by atoms with Crippen molar-refractivity contribution in [2.75, 3.05) is 0 Å². The molecule has 4 heteroatoms.